The summed E-state index contributed by atoms with van der Waals surface area (Å²) in [5.41, 5.74) is 14.2. The molecule has 5 heteroatoms. The van der Waals surface area contributed by atoms with Crippen molar-refractivity contribution >= 4 is 97.9 Å². The zero-order valence-corrected chi connectivity index (χ0v) is 37.3. The summed E-state index contributed by atoms with van der Waals surface area (Å²) in [6, 6.07) is 85.6. The lowest BCUT2D eigenvalue weighted by atomic mass is 9.90. The van der Waals surface area contributed by atoms with Gasteiger partial charge in [0, 0.05) is 54.6 Å². The maximum atomic E-state index is 5.65. The summed E-state index contributed by atoms with van der Waals surface area (Å²) in [6.07, 6.45) is 0. The molecule has 0 saturated carbocycles. The van der Waals surface area contributed by atoms with E-state index in [1.807, 2.05) is 0 Å². The van der Waals surface area contributed by atoms with Gasteiger partial charge < -0.3 is 9.13 Å². The van der Waals surface area contributed by atoms with Crippen LogP contribution in [0.15, 0.2) is 237 Å². The number of hydrogen-bond acceptors (Lipinski definition) is 2. The second-order valence-electron chi connectivity index (χ2n) is 18.1. The van der Waals surface area contributed by atoms with Crippen molar-refractivity contribution in [2.24, 2.45) is 0 Å². The van der Waals surface area contributed by atoms with Crippen molar-refractivity contribution in [1.82, 2.24) is 23.7 Å². The van der Waals surface area contributed by atoms with Crippen molar-refractivity contribution in [3.63, 3.8) is 0 Å². The van der Waals surface area contributed by atoms with Gasteiger partial charge >= 0.3 is 0 Å². The van der Waals surface area contributed by atoms with Crippen LogP contribution in [0.25, 0.3) is 138 Å². The molecule has 0 saturated heterocycles. The Bertz CT molecular complexity index is 4600. The highest BCUT2D eigenvalue weighted by atomic mass is 15.2. The van der Waals surface area contributed by atoms with Crippen molar-refractivity contribution < 1.29 is 0 Å². The molecule has 0 aliphatic heterocycles. The molecule has 4 heterocycles. The molecule has 5 nitrogen and oxygen atoms in total. The second kappa shape index (κ2) is 14.6. The normalized spacial score (nSPS) is 12.1. The van der Waals surface area contributed by atoms with Crippen molar-refractivity contribution in [1.29, 1.82) is 0 Å². The van der Waals surface area contributed by atoms with Gasteiger partial charge in [-0.05, 0) is 105 Å². The van der Waals surface area contributed by atoms with E-state index >= 15 is 0 Å². The highest BCUT2D eigenvalue weighted by Crippen LogP contribution is 2.47. The predicted molar refractivity (Wildman–Crippen MR) is 288 cm³/mol. The lowest BCUT2D eigenvalue weighted by Gasteiger charge is -2.16. The Kier molecular flexibility index (Phi) is 8.00. The lowest BCUT2D eigenvalue weighted by molar-refractivity contribution is 1.01. The Hall–Kier alpha value is -9.32. The van der Waals surface area contributed by atoms with Crippen LogP contribution >= 0.6 is 0 Å². The van der Waals surface area contributed by atoms with Gasteiger partial charge in [0.25, 0.3) is 0 Å². The van der Waals surface area contributed by atoms with E-state index in [2.05, 4.69) is 250 Å². The molecule has 0 aliphatic rings. The van der Waals surface area contributed by atoms with Crippen LogP contribution in [0.5, 0.6) is 0 Å². The average molecular weight is 878 g/mol. The van der Waals surface area contributed by atoms with Crippen LogP contribution in [0, 0.1) is 0 Å². The summed E-state index contributed by atoms with van der Waals surface area (Å²) < 4.78 is 7.09. The van der Waals surface area contributed by atoms with Crippen LogP contribution in [-0.4, -0.2) is 23.7 Å². The molecular formula is C64H39N5. The zero-order valence-electron chi connectivity index (χ0n) is 37.3. The summed E-state index contributed by atoms with van der Waals surface area (Å²) in [7, 11) is 0. The smallest absolute Gasteiger partial charge is 0.235 e. The molecule has 0 bridgehead atoms. The van der Waals surface area contributed by atoms with Crippen LogP contribution in [0.1, 0.15) is 0 Å². The molecule has 0 radical (unpaired) electrons. The molecule has 0 spiro atoms. The van der Waals surface area contributed by atoms with Gasteiger partial charge in [0.1, 0.15) is 0 Å². The van der Waals surface area contributed by atoms with E-state index in [9.17, 15) is 0 Å². The Morgan fingerprint density at radius 2 is 0.681 bits per heavy atom. The molecule has 69 heavy (non-hydrogen) atoms. The Balaban J connectivity index is 1.03. The molecule has 0 atom stereocenters. The first-order chi connectivity index (χ1) is 34.3. The first-order valence-electron chi connectivity index (χ1n) is 23.6. The summed E-state index contributed by atoms with van der Waals surface area (Å²) in [6.45, 7) is 0. The fourth-order valence-corrected chi connectivity index (χ4v) is 11.5. The SMILES string of the molecule is c1ccc(-n2c3ccccc3c3cc(-c4nc(-n5c6ccccc6c6c7ccccc7c(-c7cc8c(c9ccccc79)c7ccccc7n8-c7ccccc7)cc65)nc5ccccc45)ccc32)cc1. The lowest BCUT2D eigenvalue weighted by Crippen LogP contribution is -2.03. The first-order valence-corrected chi connectivity index (χ1v) is 23.6. The van der Waals surface area contributed by atoms with Gasteiger partial charge in [0.05, 0.1) is 44.3 Å². The van der Waals surface area contributed by atoms with Crippen LogP contribution < -0.4 is 0 Å². The minimum Gasteiger partial charge on any atom is -0.309 e. The van der Waals surface area contributed by atoms with E-state index in [0.29, 0.717) is 5.95 Å². The standard InChI is InChI=1S/C64H39N5/c1-3-19-41(20-4-1)67-55-32-16-12-25-45(55)53-37-40(35-36-58(53)67)63-48-28-11-15-31-54(48)65-64(66-63)69-57-34-18-14-30-50(57)62-47-27-10-8-24-44(47)52(39-60(62)69)51-38-59-61(46-26-9-7-23-43(46)51)49-29-13-17-33-56(49)68(59)42-21-5-2-6-22-42/h1-39H. The molecule has 320 valence electrons. The summed E-state index contributed by atoms with van der Waals surface area (Å²) in [5.74, 6) is 0.632. The minimum atomic E-state index is 0.632. The van der Waals surface area contributed by atoms with Gasteiger partial charge in [-0.1, -0.05) is 164 Å². The van der Waals surface area contributed by atoms with Crippen LogP contribution in [0.3, 0.4) is 0 Å². The number of benzene rings is 11. The molecule has 0 aliphatic carbocycles. The van der Waals surface area contributed by atoms with Crippen LogP contribution in [0.2, 0.25) is 0 Å². The molecule has 11 aromatic carbocycles. The molecule has 15 aromatic rings. The third kappa shape index (κ3) is 5.47. The monoisotopic (exact) mass is 877 g/mol. The molecule has 0 N–H and O–H groups in total. The van der Waals surface area contributed by atoms with Crippen molar-refractivity contribution in [2.75, 3.05) is 0 Å². The van der Waals surface area contributed by atoms with Gasteiger partial charge in [0.2, 0.25) is 5.95 Å². The first kappa shape index (κ1) is 37.9. The van der Waals surface area contributed by atoms with E-state index in [-0.39, 0.29) is 0 Å². The average Bonchev–Trinajstić information content (AvgIpc) is 4.06. The van der Waals surface area contributed by atoms with E-state index in [0.717, 1.165) is 61.0 Å². The number of aromatic nitrogens is 5. The highest BCUT2D eigenvalue weighted by molar-refractivity contribution is 6.28. The topological polar surface area (TPSA) is 40.6 Å². The van der Waals surface area contributed by atoms with Gasteiger partial charge in [-0.2, -0.15) is 0 Å². The van der Waals surface area contributed by atoms with Gasteiger partial charge in [0.15, 0.2) is 0 Å². The summed E-state index contributed by atoms with van der Waals surface area (Å²) >= 11 is 0. The van der Waals surface area contributed by atoms with Gasteiger partial charge in [-0.3, -0.25) is 4.57 Å². The summed E-state index contributed by atoms with van der Waals surface area (Å²) in [4.78, 5) is 11.1. The number of hydrogen-bond donors (Lipinski definition) is 0. The molecule has 4 aromatic heterocycles. The number of para-hydroxylation sites is 6. The van der Waals surface area contributed by atoms with E-state index in [1.54, 1.807) is 0 Å². The van der Waals surface area contributed by atoms with E-state index in [1.165, 1.54) is 70.6 Å². The largest absolute Gasteiger partial charge is 0.309 e. The van der Waals surface area contributed by atoms with Crippen molar-refractivity contribution in [3.05, 3.63) is 237 Å². The van der Waals surface area contributed by atoms with Crippen molar-refractivity contribution in [2.45, 2.75) is 0 Å². The van der Waals surface area contributed by atoms with E-state index < -0.39 is 0 Å². The number of fused-ring (bicyclic) bond motifs is 14. The molecule has 0 amide bonds. The molecule has 0 unspecified atom stereocenters. The summed E-state index contributed by atoms with van der Waals surface area (Å²) in [5, 5.41) is 13.1. The second-order valence-corrected chi connectivity index (χ2v) is 18.1. The van der Waals surface area contributed by atoms with Gasteiger partial charge in [-0.25, -0.2) is 9.97 Å². The maximum absolute atomic E-state index is 5.65. The Morgan fingerprint density at radius 1 is 0.261 bits per heavy atom. The van der Waals surface area contributed by atoms with Gasteiger partial charge in [-0.15, -0.1) is 0 Å². The number of nitrogens with zero attached hydrogens (tertiary/aromatic N) is 5. The fraction of sp³-hybridized carbons (Fsp3) is 0. The van der Waals surface area contributed by atoms with E-state index in [4.69, 9.17) is 9.97 Å². The Labute approximate surface area is 396 Å². The molecule has 0 fully saturated rings. The minimum absolute atomic E-state index is 0.632. The Morgan fingerprint density at radius 3 is 1.28 bits per heavy atom. The number of rotatable bonds is 5. The third-order valence-electron chi connectivity index (χ3n) is 14.4. The predicted octanol–water partition coefficient (Wildman–Crippen LogP) is 16.6. The van der Waals surface area contributed by atoms with Crippen LogP contribution in [-0.2, 0) is 0 Å². The van der Waals surface area contributed by atoms with Crippen LogP contribution in [0.4, 0.5) is 0 Å². The molecular weight excluding hydrogens is 839 g/mol. The zero-order chi connectivity index (χ0) is 45.2. The maximum Gasteiger partial charge on any atom is 0.235 e. The van der Waals surface area contributed by atoms with Crippen molar-refractivity contribution in [3.8, 4) is 39.7 Å². The quantitative estimate of drug-likeness (QED) is 0.173. The fourth-order valence-electron chi connectivity index (χ4n) is 11.5. The molecule has 15 rings (SSSR count). The third-order valence-corrected chi connectivity index (χ3v) is 14.4. The highest BCUT2D eigenvalue weighted by Gasteiger charge is 2.24.